The molecular formula is C25H22N2. The molecule has 0 radical (unpaired) electrons. The molecule has 0 aliphatic carbocycles. The molecule has 3 aromatic rings. The van der Waals surface area contributed by atoms with Gasteiger partial charge in [-0.05, 0) is 61.1 Å². The van der Waals surface area contributed by atoms with Gasteiger partial charge in [-0.1, -0.05) is 47.9 Å². The van der Waals surface area contributed by atoms with Gasteiger partial charge in [0, 0.05) is 27.4 Å². The molecule has 2 nitrogen and oxygen atoms in total. The summed E-state index contributed by atoms with van der Waals surface area (Å²) in [6.07, 6.45) is 0.000665. The molecule has 27 heavy (non-hydrogen) atoms. The van der Waals surface area contributed by atoms with Gasteiger partial charge in [-0.2, -0.15) is 0 Å². The largest absolute Gasteiger partial charge is 0.269 e. The standard InChI is InChI=1S/C25H22N2/c1-15-10-11-22-21(12-15)20-9-5-8-18-13-19-14-23(27(22)26(19)25(18)20)24-16(2)6-4-7-17(24)3/h4-12,14,23H,13H2,1-3H3/i2D3,4D,5D,6D,7D,8D,9D,10D,11D,12D,14D. The second-order valence-corrected chi connectivity index (χ2v) is 6.92. The third-order valence-corrected chi connectivity index (χ3v) is 5.28. The summed E-state index contributed by atoms with van der Waals surface area (Å²) in [5.41, 5.74) is 0.865. The van der Waals surface area contributed by atoms with E-state index < -0.39 is 30.5 Å². The van der Waals surface area contributed by atoms with Crippen molar-refractivity contribution in [1.29, 1.82) is 0 Å². The van der Waals surface area contributed by atoms with Crippen LogP contribution in [-0.2, 0) is 6.42 Å². The van der Waals surface area contributed by atoms with Crippen molar-refractivity contribution in [2.24, 2.45) is 0 Å². The topological polar surface area (TPSA) is 6.48 Å². The molecule has 0 saturated carbocycles. The number of benzene rings is 3. The van der Waals surface area contributed by atoms with Gasteiger partial charge < -0.3 is 0 Å². The lowest BCUT2D eigenvalue weighted by atomic mass is 9.91. The fourth-order valence-electron chi connectivity index (χ4n) is 4.16. The molecule has 0 N–H and O–H groups in total. The molecule has 0 bridgehead atoms. The molecule has 3 aliphatic heterocycles. The third kappa shape index (κ3) is 1.85. The first kappa shape index (κ1) is 7.20. The lowest BCUT2D eigenvalue weighted by Crippen LogP contribution is -2.40. The number of allylic oxidation sites excluding steroid dienone is 1. The minimum atomic E-state index is -2.89. The van der Waals surface area contributed by atoms with Crippen molar-refractivity contribution >= 4 is 11.4 Å². The number of hydrogen-bond donors (Lipinski definition) is 0. The summed E-state index contributed by atoms with van der Waals surface area (Å²) in [7, 11) is 0. The summed E-state index contributed by atoms with van der Waals surface area (Å²) in [5, 5.41) is 2.94. The Morgan fingerprint density at radius 2 is 1.85 bits per heavy atom. The van der Waals surface area contributed by atoms with Crippen molar-refractivity contribution in [1.82, 2.24) is 0 Å². The van der Waals surface area contributed by atoms with Gasteiger partial charge in [-0.15, -0.1) is 0 Å². The number of anilines is 2. The van der Waals surface area contributed by atoms with Crippen LogP contribution in [0.15, 0.2) is 66.1 Å². The highest BCUT2D eigenvalue weighted by molar-refractivity contribution is 5.98. The SMILES string of the molecule is [2H]C1=C2Cc3c([2H])c([2H])c([2H])c4c3N2N(c2c([2H])c([2H])c(C)c([2H])c2-4)C1c1c(C)c([2H])c([2H])c([2H])c1C([2H])([2H])[2H]. The molecule has 0 aromatic heterocycles. The molecule has 6 rings (SSSR count). The van der Waals surface area contributed by atoms with Gasteiger partial charge in [0.05, 0.1) is 31.1 Å². The van der Waals surface area contributed by atoms with Crippen molar-refractivity contribution in [3.63, 3.8) is 0 Å². The van der Waals surface area contributed by atoms with Crippen LogP contribution in [0.1, 0.15) is 51.7 Å². The Hall–Kier alpha value is -3.00. The molecule has 0 saturated heterocycles. The van der Waals surface area contributed by atoms with Crippen molar-refractivity contribution in [3.05, 3.63) is 93.9 Å². The zero-order valence-electron chi connectivity index (χ0n) is 27.7. The number of para-hydroxylation sites is 1. The minimum Gasteiger partial charge on any atom is -0.269 e. The lowest BCUT2D eigenvalue weighted by Gasteiger charge is -2.42. The Morgan fingerprint density at radius 1 is 1.00 bits per heavy atom. The zero-order valence-corrected chi connectivity index (χ0v) is 14.7. The maximum atomic E-state index is 9.25. The van der Waals surface area contributed by atoms with Gasteiger partial charge in [0.25, 0.3) is 0 Å². The van der Waals surface area contributed by atoms with E-state index in [1.165, 1.54) is 23.9 Å². The first-order valence-electron chi connectivity index (χ1n) is 15.2. The highest BCUT2D eigenvalue weighted by atomic mass is 15.7. The van der Waals surface area contributed by atoms with Crippen LogP contribution in [0, 0.1) is 20.7 Å². The maximum absolute atomic E-state index is 9.25. The van der Waals surface area contributed by atoms with Crippen LogP contribution in [0.25, 0.3) is 11.1 Å². The number of rotatable bonds is 1. The number of nitrogens with zero attached hydrogens (tertiary/aromatic N) is 2. The second kappa shape index (κ2) is 5.04. The molecule has 3 heterocycles. The fourth-order valence-corrected chi connectivity index (χ4v) is 4.16. The van der Waals surface area contributed by atoms with Crippen LogP contribution in [0.4, 0.5) is 11.4 Å². The van der Waals surface area contributed by atoms with E-state index in [0.29, 0.717) is 16.9 Å². The zero-order chi connectivity index (χ0) is 29.5. The average molecular weight is 364 g/mol. The Morgan fingerprint density at radius 3 is 2.74 bits per heavy atom. The Bertz CT molecular complexity index is 1760. The summed E-state index contributed by atoms with van der Waals surface area (Å²) in [6, 6.07) is -4.65. The van der Waals surface area contributed by atoms with E-state index in [-0.39, 0.29) is 88.3 Å². The van der Waals surface area contributed by atoms with Crippen molar-refractivity contribution in [3.8, 4) is 11.1 Å². The van der Waals surface area contributed by atoms with Crippen LogP contribution in [0.2, 0.25) is 0 Å². The fraction of sp³-hybridized carbons (Fsp3) is 0.200. The van der Waals surface area contributed by atoms with Crippen LogP contribution in [-0.4, -0.2) is 0 Å². The van der Waals surface area contributed by atoms with Crippen molar-refractivity contribution in [2.75, 3.05) is 10.0 Å². The van der Waals surface area contributed by atoms with E-state index >= 15 is 0 Å². The van der Waals surface area contributed by atoms with Gasteiger partial charge in [0.2, 0.25) is 0 Å². The summed E-state index contributed by atoms with van der Waals surface area (Å²) in [4.78, 5) is 0. The van der Waals surface area contributed by atoms with E-state index in [1.54, 1.807) is 0 Å². The second-order valence-electron chi connectivity index (χ2n) is 6.92. The van der Waals surface area contributed by atoms with Crippen LogP contribution < -0.4 is 10.0 Å². The van der Waals surface area contributed by atoms with Gasteiger partial charge >= 0.3 is 0 Å². The van der Waals surface area contributed by atoms with Gasteiger partial charge in [-0.3, -0.25) is 10.0 Å². The van der Waals surface area contributed by atoms with E-state index in [1.807, 2.05) is 0 Å². The average Bonchev–Trinajstić information content (AvgIpc) is 3.41. The predicted octanol–water partition coefficient (Wildman–Crippen LogP) is 6.02. The summed E-state index contributed by atoms with van der Waals surface area (Å²) in [5.74, 6) is 0. The summed E-state index contributed by atoms with van der Waals surface area (Å²) in [6.45, 7) is 0.0689. The van der Waals surface area contributed by atoms with E-state index in [9.17, 15) is 1.37 Å². The number of hydrogen-bond acceptors (Lipinski definition) is 2. The normalized spacial score (nSPS) is 26.1. The maximum Gasteiger partial charge on any atom is 0.0966 e. The molecule has 3 aromatic carbocycles. The van der Waals surface area contributed by atoms with E-state index in [0.717, 1.165) is 0 Å². The minimum absolute atomic E-state index is 0.000665. The van der Waals surface area contributed by atoms with Gasteiger partial charge in [0.15, 0.2) is 0 Å². The van der Waals surface area contributed by atoms with Crippen LogP contribution in [0.5, 0.6) is 0 Å². The van der Waals surface area contributed by atoms with Gasteiger partial charge in [-0.25, -0.2) is 0 Å². The highest BCUT2D eigenvalue weighted by Crippen LogP contribution is 2.56. The predicted molar refractivity (Wildman–Crippen MR) is 112 cm³/mol. The first-order chi connectivity index (χ1) is 18.5. The quantitative estimate of drug-likeness (QED) is 0.522. The lowest BCUT2D eigenvalue weighted by molar-refractivity contribution is 0.757. The Labute approximate surface area is 178 Å². The summed E-state index contributed by atoms with van der Waals surface area (Å²) >= 11 is 0. The molecule has 132 valence electrons. The molecule has 1 atom stereocenters. The highest BCUT2D eigenvalue weighted by Gasteiger charge is 2.44. The van der Waals surface area contributed by atoms with Gasteiger partial charge in [0.1, 0.15) is 0 Å². The number of hydrazine groups is 1. The molecule has 2 heteroatoms. The molecule has 0 fully saturated rings. The van der Waals surface area contributed by atoms with Crippen molar-refractivity contribution in [2.45, 2.75) is 33.2 Å². The monoisotopic (exact) mass is 363 g/mol. The van der Waals surface area contributed by atoms with E-state index in [2.05, 4.69) is 0 Å². The summed E-state index contributed by atoms with van der Waals surface area (Å²) < 4.78 is 111. The molecule has 3 aliphatic rings. The molecule has 1 unspecified atom stereocenters. The molecule has 0 spiro atoms. The first-order valence-corrected chi connectivity index (χ1v) is 8.66. The number of fused-ring (bicyclic) bond motifs is 3. The molecule has 0 amide bonds. The Balaban J connectivity index is 1.81. The van der Waals surface area contributed by atoms with E-state index in [4.69, 9.17) is 16.4 Å². The smallest absolute Gasteiger partial charge is 0.0966 e. The Kier molecular flexibility index (Phi) is 1.34. The van der Waals surface area contributed by atoms with Crippen LogP contribution in [0.3, 0.4) is 0 Å². The van der Waals surface area contributed by atoms with Crippen LogP contribution >= 0.6 is 0 Å². The molecular weight excluding hydrogens is 328 g/mol. The third-order valence-electron chi connectivity index (χ3n) is 5.28. The van der Waals surface area contributed by atoms with Crippen molar-refractivity contribution < 1.29 is 17.8 Å².